The lowest BCUT2D eigenvalue weighted by Crippen LogP contribution is -2.32. The van der Waals surface area contributed by atoms with Crippen LogP contribution in [0.15, 0.2) is 41.3 Å². The first-order valence-corrected chi connectivity index (χ1v) is 12.6. The maximum atomic E-state index is 12.8. The van der Waals surface area contributed by atoms with E-state index in [1.54, 1.807) is 16.2 Å². The van der Waals surface area contributed by atoms with Crippen molar-refractivity contribution in [2.24, 2.45) is 7.05 Å². The molecule has 1 aliphatic rings. The highest BCUT2D eigenvalue weighted by atomic mass is 16.5. The summed E-state index contributed by atoms with van der Waals surface area (Å²) < 4.78 is 9.26. The summed E-state index contributed by atoms with van der Waals surface area (Å²) in [6.07, 6.45) is 3.11. The van der Waals surface area contributed by atoms with Crippen molar-refractivity contribution in [1.29, 1.82) is 0 Å². The zero-order valence-electron chi connectivity index (χ0n) is 21.8. The molecule has 0 amide bonds. The van der Waals surface area contributed by atoms with E-state index in [2.05, 4.69) is 51.2 Å². The average molecular weight is 490 g/mol. The van der Waals surface area contributed by atoms with Crippen molar-refractivity contribution >= 4 is 22.1 Å². The molecule has 0 N–H and O–H groups in total. The molecule has 5 rings (SSSR count). The number of nitrogens with zero attached hydrogens (tertiary/aromatic N) is 7. The second kappa shape index (κ2) is 10.1. The van der Waals surface area contributed by atoms with E-state index in [1.165, 1.54) is 6.42 Å². The Morgan fingerprint density at radius 3 is 2.64 bits per heavy atom. The van der Waals surface area contributed by atoms with Crippen LogP contribution < -0.4 is 5.69 Å². The lowest BCUT2D eigenvalue weighted by atomic mass is 10.0. The van der Waals surface area contributed by atoms with Crippen molar-refractivity contribution in [1.82, 2.24) is 34.1 Å². The Bertz CT molecular complexity index is 1420. The molecule has 4 heterocycles. The Balaban J connectivity index is 1.30. The first-order valence-electron chi connectivity index (χ1n) is 12.6. The number of hydrogen-bond acceptors (Lipinski definition) is 7. The maximum Gasteiger partial charge on any atom is 0.330 e. The average Bonchev–Trinajstić information content (AvgIpc) is 3.45. The van der Waals surface area contributed by atoms with Crippen molar-refractivity contribution in [3.05, 3.63) is 52.7 Å². The number of ether oxygens (including phenoxy) is 1. The minimum Gasteiger partial charge on any atom is -0.374 e. The molecule has 3 aromatic heterocycles. The van der Waals surface area contributed by atoms with Crippen molar-refractivity contribution < 1.29 is 4.74 Å². The Hall–Kier alpha value is -3.14. The Morgan fingerprint density at radius 1 is 1.14 bits per heavy atom. The SMILES string of the molecule is CC(C)n1c(=O)n(C)c2nnc3ccc(-c4ccc(COCCN5CC[C@@H](N(C)C)C5)nc4)cc3c21. The molecule has 36 heavy (non-hydrogen) atoms. The topological polar surface area (TPSA) is 81.3 Å². The predicted octanol–water partition coefficient (Wildman–Crippen LogP) is 3.08. The molecule has 0 aliphatic carbocycles. The largest absolute Gasteiger partial charge is 0.374 e. The number of pyridine rings is 1. The highest BCUT2D eigenvalue weighted by Gasteiger charge is 2.23. The molecule has 0 bridgehead atoms. The van der Waals surface area contributed by atoms with Crippen molar-refractivity contribution in [2.75, 3.05) is 40.3 Å². The Kier molecular flexibility index (Phi) is 6.87. The lowest BCUT2D eigenvalue weighted by molar-refractivity contribution is 0.0953. The fourth-order valence-electron chi connectivity index (χ4n) is 5.04. The summed E-state index contributed by atoms with van der Waals surface area (Å²) in [6, 6.07) is 10.8. The summed E-state index contributed by atoms with van der Waals surface area (Å²) >= 11 is 0. The van der Waals surface area contributed by atoms with Gasteiger partial charge in [-0.15, -0.1) is 10.2 Å². The van der Waals surface area contributed by atoms with E-state index in [-0.39, 0.29) is 11.7 Å². The van der Waals surface area contributed by atoms with Crippen molar-refractivity contribution in [2.45, 2.75) is 39.0 Å². The summed E-state index contributed by atoms with van der Waals surface area (Å²) in [4.78, 5) is 22.2. The van der Waals surface area contributed by atoms with Gasteiger partial charge in [-0.25, -0.2) is 4.79 Å². The van der Waals surface area contributed by atoms with E-state index < -0.39 is 0 Å². The van der Waals surface area contributed by atoms with Crippen LogP contribution in [0.25, 0.3) is 33.2 Å². The number of benzene rings is 1. The van der Waals surface area contributed by atoms with E-state index in [9.17, 15) is 4.79 Å². The summed E-state index contributed by atoms with van der Waals surface area (Å²) in [5.41, 5.74) is 5.03. The molecule has 1 fully saturated rings. The molecule has 0 saturated carbocycles. The van der Waals surface area contributed by atoms with Gasteiger partial charge in [-0.1, -0.05) is 12.1 Å². The van der Waals surface area contributed by atoms with Gasteiger partial charge in [0.15, 0.2) is 5.65 Å². The van der Waals surface area contributed by atoms with Gasteiger partial charge in [-0.2, -0.15) is 0 Å². The van der Waals surface area contributed by atoms with Crippen LogP contribution >= 0.6 is 0 Å². The van der Waals surface area contributed by atoms with Gasteiger partial charge in [-0.3, -0.25) is 19.0 Å². The number of fused-ring (bicyclic) bond motifs is 3. The molecule has 0 unspecified atom stereocenters. The van der Waals surface area contributed by atoms with Gasteiger partial charge in [0.1, 0.15) is 5.52 Å². The van der Waals surface area contributed by atoms with Crippen LogP contribution in [0.2, 0.25) is 0 Å². The second-order valence-corrected chi connectivity index (χ2v) is 10.2. The standard InChI is InChI=1S/C27H35N7O2/c1-18(2)34-25-23-14-19(7-9-24(23)29-30-26(25)32(5)27(34)35)20-6-8-21(28-15-20)17-36-13-12-33-11-10-22(16-33)31(3)4/h6-9,14-15,18,22H,10-13,16-17H2,1-5H3/t22-/m1/s1. The Labute approximate surface area is 211 Å². The van der Waals surface area contributed by atoms with Gasteiger partial charge in [0.25, 0.3) is 0 Å². The van der Waals surface area contributed by atoms with Crippen LogP contribution in [0.1, 0.15) is 32.0 Å². The smallest absolute Gasteiger partial charge is 0.330 e. The highest BCUT2D eigenvalue weighted by molar-refractivity contribution is 6.02. The quantitative estimate of drug-likeness (QED) is 0.352. The molecule has 190 valence electrons. The molecular formula is C27H35N7O2. The highest BCUT2D eigenvalue weighted by Crippen LogP contribution is 2.28. The van der Waals surface area contributed by atoms with Crippen LogP contribution in [0, 0.1) is 0 Å². The van der Waals surface area contributed by atoms with Crippen molar-refractivity contribution in [3.63, 3.8) is 0 Å². The number of likely N-dealkylation sites (tertiary alicyclic amines) is 1. The van der Waals surface area contributed by atoms with E-state index in [0.29, 0.717) is 24.9 Å². The second-order valence-electron chi connectivity index (χ2n) is 10.2. The van der Waals surface area contributed by atoms with E-state index in [0.717, 1.165) is 52.9 Å². The van der Waals surface area contributed by atoms with Gasteiger partial charge < -0.3 is 9.64 Å². The Morgan fingerprint density at radius 2 is 1.94 bits per heavy atom. The van der Waals surface area contributed by atoms with Gasteiger partial charge in [0, 0.05) is 49.4 Å². The number of hydrogen-bond donors (Lipinski definition) is 0. The molecule has 1 aliphatic heterocycles. The summed E-state index contributed by atoms with van der Waals surface area (Å²) in [7, 11) is 6.04. The monoisotopic (exact) mass is 489 g/mol. The molecule has 1 saturated heterocycles. The number of imidazole rings is 1. The number of likely N-dealkylation sites (N-methyl/N-ethyl adjacent to an activating group) is 1. The number of rotatable bonds is 8. The first kappa shape index (κ1) is 24.5. The van der Waals surface area contributed by atoms with E-state index in [4.69, 9.17) is 4.74 Å². The van der Waals surface area contributed by atoms with Gasteiger partial charge >= 0.3 is 5.69 Å². The zero-order chi connectivity index (χ0) is 25.4. The van der Waals surface area contributed by atoms with Crippen LogP contribution in [0.3, 0.4) is 0 Å². The van der Waals surface area contributed by atoms with Crippen LogP contribution in [-0.2, 0) is 18.4 Å². The summed E-state index contributed by atoms with van der Waals surface area (Å²) in [5, 5.41) is 9.59. The van der Waals surface area contributed by atoms with E-state index >= 15 is 0 Å². The molecule has 9 nitrogen and oxygen atoms in total. The molecule has 1 aromatic carbocycles. The third-order valence-corrected chi connectivity index (χ3v) is 7.22. The fourth-order valence-corrected chi connectivity index (χ4v) is 5.04. The molecular weight excluding hydrogens is 454 g/mol. The van der Waals surface area contributed by atoms with E-state index in [1.807, 2.05) is 38.2 Å². The maximum absolute atomic E-state index is 12.8. The fraction of sp³-hybridized carbons (Fsp3) is 0.481. The minimum atomic E-state index is -0.0829. The molecule has 1 atom stereocenters. The van der Waals surface area contributed by atoms with Crippen LogP contribution in [0.4, 0.5) is 0 Å². The first-order chi connectivity index (χ1) is 17.3. The van der Waals surface area contributed by atoms with Gasteiger partial charge in [0.2, 0.25) is 0 Å². The summed E-state index contributed by atoms with van der Waals surface area (Å²) in [6.45, 7) is 8.44. The molecule has 9 heteroatoms. The number of aromatic nitrogens is 5. The molecule has 0 spiro atoms. The molecule has 4 aromatic rings. The van der Waals surface area contributed by atoms with Gasteiger partial charge in [0.05, 0.1) is 24.4 Å². The third-order valence-electron chi connectivity index (χ3n) is 7.22. The third kappa shape index (κ3) is 4.66. The van der Waals surface area contributed by atoms with Crippen molar-refractivity contribution in [3.8, 4) is 11.1 Å². The predicted molar refractivity (Wildman–Crippen MR) is 142 cm³/mol. The lowest BCUT2D eigenvalue weighted by Gasteiger charge is -2.20. The minimum absolute atomic E-state index is 0.0121. The molecule has 0 radical (unpaired) electrons. The van der Waals surface area contributed by atoms with Crippen LogP contribution in [0.5, 0.6) is 0 Å². The van der Waals surface area contributed by atoms with Crippen LogP contribution in [-0.4, -0.2) is 80.5 Å². The normalized spacial score (nSPS) is 16.8. The summed E-state index contributed by atoms with van der Waals surface area (Å²) in [5.74, 6) is 0. The number of aryl methyl sites for hydroxylation is 1. The van der Waals surface area contributed by atoms with Gasteiger partial charge in [-0.05, 0) is 64.7 Å². The zero-order valence-corrected chi connectivity index (χ0v) is 21.8.